The number of amides is 1. The number of carboxylic acid groups (broad SMARTS) is 1. The molecule has 1 aromatic carbocycles. The molecule has 1 N–H and O–H groups in total. The first-order valence-electron chi connectivity index (χ1n) is 10.2. The Balaban J connectivity index is 1.49. The van der Waals surface area contributed by atoms with Crippen LogP contribution in [0, 0.1) is 5.92 Å². The van der Waals surface area contributed by atoms with Gasteiger partial charge in [0.05, 0.1) is 12.6 Å². The lowest BCUT2D eigenvalue weighted by Gasteiger charge is -2.34. The van der Waals surface area contributed by atoms with Crippen LogP contribution >= 0.6 is 0 Å². The largest absolute Gasteiger partial charge is 0.480 e. The molecule has 1 saturated carbocycles. The van der Waals surface area contributed by atoms with E-state index in [-0.39, 0.29) is 24.5 Å². The van der Waals surface area contributed by atoms with E-state index in [0.29, 0.717) is 12.3 Å². The summed E-state index contributed by atoms with van der Waals surface area (Å²) in [6, 6.07) is 9.21. The molecule has 150 valence electrons. The van der Waals surface area contributed by atoms with Crippen LogP contribution < -0.4 is 0 Å². The van der Waals surface area contributed by atoms with Crippen LogP contribution in [0.4, 0.5) is 0 Å². The smallest absolute Gasteiger partial charge is 0.320 e. The van der Waals surface area contributed by atoms with Crippen molar-refractivity contribution >= 4 is 22.8 Å². The number of fused-ring (bicyclic) bond motifs is 2. The number of hydrogen-bond donors (Lipinski definition) is 1. The van der Waals surface area contributed by atoms with Gasteiger partial charge in [0, 0.05) is 18.5 Å². The molecule has 1 amide bonds. The van der Waals surface area contributed by atoms with Crippen LogP contribution in [0.1, 0.15) is 50.8 Å². The van der Waals surface area contributed by atoms with Gasteiger partial charge in [0.1, 0.15) is 17.4 Å². The third-order valence-electron chi connectivity index (χ3n) is 6.65. The molecule has 1 aliphatic carbocycles. The van der Waals surface area contributed by atoms with E-state index in [9.17, 15) is 14.7 Å². The fraction of sp³-hybridized carbons (Fsp3) is 0.545. The van der Waals surface area contributed by atoms with Crippen molar-refractivity contribution in [2.75, 3.05) is 13.6 Å². The molecule has 2 heterocycles. The van der Waals surface area contributed by atoms with E-state index in [1.54, 1.807) is 11.9 Å². The number of likely N-dealkylation sites (N-methyl/N-ethyl adjacent to an activating group) is 1. The summed E-state index contributed by atoms with van der Waals surface area (Å²) in [5.74, 6) is 0.269. The van der Waals surface area contributed by atoms with Gasteiger partial charge < -0.3 is 14.4 Å². The molecule has 0 radical (unpaired) electrons. The van der Waals surface area contributed by atoms with Gasteiger partial charge in [0.15, 0.2) is 0 Å². The Morgan fingerprint density at radius 1 is 1.29 bits per heavy atom. The Kier molecular flexibility index (Phi) is 5.15. The van der Waals surface area contributed by atoms with E-state index in [4.69, 9.17) is 4.42 Å². The number of carbonyl (C=O) groups is 2. The second kappa shape index (κ2) is 7.59. The van der Waals surface area contributed by atoms with Gasteiger partial charge in [-0.15, -0.1) is 0 Å². The summed E-state index contributed by atoms with van der Waals surface area (Å²) in [6.07, 6.45) is 5.01. The number of carboxylic acids is 1. The van der Waals surface area contributed by atoms with Crippen LogP contribution in [0.3, 0.4) is 0 Å². The minimum atomic E-state index is -0.810. The Hall–Kier alpha value is -2.34. The molecule has 0 bridgehead atoms. The lowest BCUT2D eigenvalue weighted by atomic mass is 9.85. The topological polar surface area (TPSA) is 74.0 Å². The summed E-state index contributed by atoms with van der Waals surface area (Å²) in [5.41, 5.74) is 0.806. The lowest BCUT2D eigenvalue weighted by Crippen LogP contribution is -2.48. The quantitative estimate of drug-likeness (QED) is 0.851. The molecule has 0 spiro atoms. The molecule has 1 saturated heterocycles. The zero-order valence-electron chi connectivity index (χ0n) is 16.5. The van der Waals surface area contributed by atoms with Crippen molar-refractivity contribution in [1.29, 1.82) is 0 Å². The molecule has 2 aliphatic rings. The maximum atomic E-state index is 13.0. The molecular formula is C22H28N2O4. The average Bonchev–Trinajstić information content (AvgIpc) is 3.28. The number of benzene rings is 1. The molecule has 1 aromatic heterocycles. The van der Waals surface area contributed by atoms with Crippen molar-refractivity contribution in [2.24, 2.45) is 5.92 Å². The standard InChI is InChI=1S/C22H28N2O4/c1-14(20-12-16-8-4-6-10-19(16)28-20)23(2)21(25)13-24-17-9-5-3-7-15(17)11-18(24)22(26)27/h4,6,8,10,12,14-15,17-18H,3,5,7,9,11,13H2,1-2H3,(H,26,27). The van der Waals surface area contributed by atoms with Gasteiger partial charge >= 0.3 is 5.97 Å². The molecular weight excluding hydrogens is 356 g/mol. The van der Waals surface area contributed by atoms with Gasteiger partial charge in [-0.25, -0.2) is 0 Å². The van der Waals surface area contributed by atoms with E-state index in [1.807, 2.05) is 42.2 Å². The summed E-state index contributed by atoms with van der Waals surface area (Å²) < 4.78 is 5.91. The summed E-state index contributed by atoms with van der Waals surface area (Å²) >= 11 is 0. The van der Waals surface area contributed by atoms with Crippen molar-refractivity contribution in [3.05, 3.63) is 36.1 Å². The van der Waals surface area contributed by atoms with Gasteiger partial charge in [0.25, 0.3) is 0 Å². The maximum Gasteiger partial charge on any atom is 0.320 e. The minimum absolute atomic E-state index is 0.0644. The number of rotatable bonds is 5. The first-order valence-corrected chi connectivity index (χ1v) is 10.2. The fourth-order valence-corrected chi connectivity index (χ4v) is 4.91. The Morgan fingerprint density at radius 2 is 2.04 bits per heavy atom. The van der Waals surface area contributed by atoms with Gasteiger partial charge in [-0.3, -0.25) is 14.5 Å². The Labute approximate surface area is 165 Å². The fourth-order valence-electron chi connectivity index (χ4n) is 4.91. The Morgan fingerprint density at radius 3 is 2.79 bits per heavy atom. The number of hydrogen-bond acceptors (Lipinski definition) is 4. The first-order chi connectivity index (χ1) is 13.5. The van der Waals surface area contributed by atoms with Crippen LogP contribution in [0.25, 0.3) is 11.0 Å². The molecule has 2 aromatic rings. The molecule has 4 unspecified atom stereocenters. The van der Waals surface area contributed by atoms with Crippen LogP contribution in [0.5, 0.6) is 0 Å². The monoisotopic (exact) mass is 384 g/mol. The summed E-state index contributed by atoms with van der Waals surface area (Å²) in [4.78, 5) is 28.4. The SMILES string of the molecule is CC(c1cc2ccccc2o1)N(C)C(=O)CN1C(C(=O)O)CC2CCCCC21. The highest BCUT2D eigenvalue weighted by Gasteiger charge is 2.46. The second-order valence-electron chi connectivity index (χ2n) is 8.24. The summed E-state index contributed by atoms with van der Waals surface area (Å²) in [5, 5.41) is 10.7. The number of aliphatic carboxylic acids is 1. The number of furan rings is 1. The molecule has 28 heavy (non-hydrogen) atoms. The molecule has 6 heteroatoms. The highest BCUT2D eigenvalue weighted by Crippen LogP contribution is 2.39. The zero-order valence-corrected chi connectivity index (χ0v) is 16.5. The highest BCUT2D eigenvalue weighted by molar-refractivity contribution is 5.81. The van der Waals surface area contributed by atoms with Gasteiger partial charge in [-0.1, -0.05) is 31.0 Å². The van der Waals surface area contributed by atoms with Gasteiger partial charge in [-0.2, -0.15) is 0 Å². The Bertz CT molecular complexity index is 843. The van der Waals surface area contributed by atoms with Crippen LogP contribution in [-0.2, 0) is 9.59 Å². The van der Waals surface area contributed by atoms with Crippen molar-refractivity contribution in [2.45, 2.75) is 57.2 Å². The third kappa shape index (κ3) is 3.41. The number of likely N-dealkylation sites (tertiary alicyclic amines) is 1. The van der Waals surface area contributed by atoms with Gasteiger partial charge in [-0.05, 0) is 44.2 Å². The minimum Gasteiger partial charge on any atom is -0.480 e. The lowest BCUT2D eigenvalue weighted by molar-refractivity contribution is -0.144. The van der Waals surface area contributed by atoms with E-state index in [1.165, 1.54) is 0 Å². The third-order valence-corrected chi connectivity index (χ3v) is 6.65. The number of nitrogens with zero attached hydrogens (tertiary/aromatic N) is 2. The predicted octanol–water partition coefficient (Wildman–Crippen LogP) is 3.67. The van der Waals surface area contributed by atoms with Crippen molar-refractivity contribution in [3.63, 3.8) is 0 Å². The maximum absolute atomic E-state index is 13.0. The molecule has 1 aliphatic heterocycles. The van der Waals surface area contributed by atoms with E-state index in [0.717, 1.165) is 42.4 Å². The molecule has 4 atom stereocenters. The second-order valence-corrected chi connectivity index (χ2v) is 8.24. The van der Waals surface area contributed by atoms with E-state index in [2.05, 4.69) is 0 Å². The van der Waals surface area contributed by atoms with Crippen LogP contribution in [0.15, 0.2) is 34.7 Å². The van der Waals surface area contributed by atoms with E-state index < -0.39 is 12.0 Å². The average molecular weight is 384 g/mol. The number of carbonyl (C=O) groups excluding carboxylic acids is 1. The van der Waals surface area contributed by atoms with Crippen molar-refractivity contribution < 1.29 is 19.1 Å². The van der Waals surface area contributed by atoms with Crippen molar-refractivity contribution in [1.82, 2.24) is 9.80 Å². The van der Waals surface area contributed by atoms with Crippen molar-refractivity contribution in [3.8, 4) is 0 Å². The summed E-state index contributed by atoms with van der Waals surface area (Å²) in [7, 11) is 1.77. The molecule has 6 nitrogen and oxygen atoms in total. The highest BCUT2D eigenvalue weighted by atomic mass is 16.4. The molecule has 4 rings (SSSR count). The van der Waals surface area contributed by atoms with Crippen LogP contribution in [-0.4, -0.2) is 52.5 Å². The van der Waals surface area contributed by atoms with E-state index >= 15 is 0 Å². The molecule has 2 fully saturated rings. The predicted molar refractivity (Wildman–Crippen MR) is 106 cm³/mol. The normalized spacial score (nSPS) is 26.1. The zero-order chi connectivity index (χ0) is 19.8. The first kappa shape index (κ1) is 19.0. The van der Waals surface area contributed by atoms with Crippen LogP contribution in [0.2, 0.25) is 0 Å². The summed E-state index contributed by atoms with van der Waals surface area (Å²) in [6.45, 7) is 2.09. The number of para-hydroxylation sites is 1. The van der Waals surface area contributed by atoms with Gasteiger partial charge in [0.2, 0.25) is 5.91 Å².